The highest BCUT2D eigenvalue weighted by Crippen LogP contribution is 2.29. The van der Waals surface area contributed by atoms with Crippen molar-refractivity contribution in [1.82, 2.24) is 14.8 Å². The van der Waals surface area contributed by atoms with Crippen molar-refractivity contribution in [3.8, 4) is 5.75 Å². The Morgan fingerprint density at radius 3 is 2.59 bits per heavy atom. The minimum atomic E-state index is -3.82. The van der Waals surface area contributed by atoms with E-state index in [1.54, 1.807) is 26.2 Å². The van der Waals surface area contributed by atoms with Crippen molar-refractivity contribution in [3.63, 3.8) is 0 Å². The Bertz CT molecular complexity index is 1110. The van der Waals surface area contributed by atoms with Crippen molar-refractivity contribution < 1.29 is 27.2 Å². The Balaban J connectivity index is 1.40. The van der Waals surface area contributed by atoms with Crippen LogP contribution in [0.5, 0.6) is 5.75 Å². The molecule has 0 spiro atoms. The highest BCUT2D eigenvalue weighted by atomic mass is 32.2. The average molecular weight is 490 g/mol. The quantitative estimate of drug-likeness (QED) is 0.607. The number of methoxy groups -OCH3 is 1. The van der Waals surface area contributed by atoms with E-state index in [1.165, 1.54) is 4.31 Å². The van der Waals surface area contributed by atoms with Gasteiger partial charge in [0.2, 0.25) is 15.9 Å². The Labute approximate surface area is 200 Å². The SMILES string of the molecule is COc1ccc(C=Cc2onc(C)c2S(=O)(=O)N2CCC(C(=O)NCC3CCCO3)CC2)cc1. The molecule has 0 aliphatic carbocycles. The molecule has 2 aliphatic heterocycles. The number of benzene rings is 1. The maximum Gasteiger partial charge on any atom is 0.248 e. The molecule has 1 atom stereocenters. The van der Waals surface area contributed by atoms with Crippen molar-refractivity contribution in [3.05, 3.63) is 41.3 Å². The summed E-state index contributed by atoms with van der Waals surface area (Å²) in [7, 11) is -2.22. The number of carbonyl (C=O) groups excluding carboxylic acids is 1. The molecule has 0 bridgehead atoms. The lowest BCUT2D eigenvalue weighted by molar-refractivity contribution is -0.126. The lowest BCUT2D eigenvalue weighted by atomic mass is 9.97. The van der Waals surface area contributed by atoms with E-state index in [9.17, 15) is 13.2 Å². The summed E-state index contributed by atoms with van der Waals surface area (Å²) >= 11 is 0. The molecule has 184 valence electrons. The van der Waals surface area contributed by atoms with Gasteiger partial charge in [0.05, 0.1) is 13.2 Å². The molecule has 9 nitrogen and oxygen atoms in total. The zero-order valence-electron chi connectivity index (χ0n) is 19.5. The van der Waals surface area contributed by atoms with Gasteiger partial charge in [-0.15, -0.1) is 0 Å². The molecule has 10 heteroatoms. The number of piperidine rings is 1. The number of amides is 1. The number of rotatable bonds is 8. The molecule has 2 aliphatic rings. The number of nitrogens with one attached hydrogen (secondary N) is 1. The monoisotopic (exact) mass is 489 g/mol. The van der Waals surface area contributed by atoms with E-state index in [1.807, 2.05) is 24.3 Å². The first-order valence-electron chi connectivity index (χ1n) is 11.6. The van der Waals surface area contributed by atoms with Crippen LogP contribution in [-0.4, -0.2) is 63.2 Å². The number of sulfonamides is 1. The van der Waals surface area contributed by atoms with E-state index in [-0.39, 0.29) is 41.7 Å². The van der Waals surface area contributed by atoms with Crippen molar-refractivity contribution in [2.24, 2.45) is 5.92 Å². The molecular formula is C24H31N3O6S. The van der Waals surface area contributed by atoms with Gasteiger partial charge in [-0.3, -0.25) is 4.79 Å². The first-order valence-corrected chi connectivity index (χ1v) is 13.0. The van der Waals surface area contributed by atoms with Crippen molar-refractivity contribution in [2.75, 3.05) is 33.4 Å². The standard InChI is InChI=1S/C24H31N3O6S/c1-17-23(22(33-26-17)10-7-18-5-8-20(31-2)9-6-18)34(29,30)27-13-11-19(12-14-27)24(28)25-16-21-4-3-15-32-21/h5-10,19,21H,3-4,11-16H2,1-2H3,(H,25,28). The minimum absolute atomic E-state index is 0.0307. The van der Waals surface area contributed by atoms with Crippen LogP contribution in [0.15, 0.2) is 33.7 Å². The topological polar surface area (TPSA) is 111 Å². The second-order valence-electron chi connectivity index (χ2n) is 8.63. The van der Waals surface area contributed by atoms with Gasteiger partial charge < -0.3 is 19.3 Å². The van der Waals surface area contributed by atoms with Crippen LogP contribution in [0.4, 0.5) is 0 Å². The van der Waals surface area contributed by atoms with Gasteiger partial charge in [0.15, 0.2) is 10.7 Å². The second kappa shape index (κ2) is 10.7. The Kier molecular flexibility index (Phi) is 7.70. The summed E-state index contributed by atoms with van der Waals surface area (Å²) in [6, 6.07) is 7.37. The second-order valence-corrected chi connectivity index (χ2v) is 10.5. The largest absolute Gasteiger partial charge is 0.497 e. The van der Waals surface area contributed by atoms with E-state index in [2.05, 4.69) is 10.5 Å². The van der Waals surface area contributed by atoms with E-state index in [4.69, 9.17) is 14.0 Å². The van der Waals surface area contributed by atoms with Gasteiger partial charge >= 0.3 is 0 Å². The van der Waals surface area contributed by atoms with Gasteiger partial charge in [-0.2, -0.15) is 4.31 Å². The summed E-state index contributed by atoms with van der Waals surface area (Å²) in [4.78, 5) is 12.6. The number of aryl methyl sites for hydroxylation is 1. The molecule has 34 heavy (non-hydrogen) atoms. The zero-order chi connectivity index (χ0) is 24.1. The molecular weight excluding hydrogens is 458 g/mol. The normalized spacial score (nSPS) is 20.1. The maximum atomic E-state index is 13.4. The summed E-state index contributed by atoms with van der Waals surface area (Å²) in [5, 5.41) is 6.85. The minimum Gasteiger partial charge on any atom is -0.497 e. The highest BCUT2D eigenvalue weighted by Gasteiger charge is 2.36. The van der Waals surface area contributed by atoms with Gasteiger partial charge in [-0.25, -0.2) is 8.42 Å². The Morgan fingerprint density at radius 1 is 1.21 bits per heavy atom. The van der Waals surface area contributed by atoms with E-state index >= 15 is 0 Å². The molecule has 2 saturated heterocycles. The summed E-state index contributed by atoms with van der Waals surface area (Å²) in [5.41, 5.74) is 1.18. The van der Waals surface area contributed by atoms with Gasteiger partial charge in [-0.05, 0) is 56.4 Å². The summed E-state index contributed by atoms with van der Waals surface area (Å²) in [6.07, 6.45) is 6.39. The van der Waals surface area contributed by atoms with Crippen LogP contribution in [0.25, 0.3) is 12.2 Å². The summed E-state index contributed by atoms with van der Waals surface area (Å²) in [6.45, 7) is 3.42. The van der Waals surface area contributed by atoms with Crippen LogP contribution in [-0.2, 0) is 19.6 Å². The van der Waals surface area contributed by atoms with Gasteiger partial charge in [0, 0.05) is 32.2 Å². The van der Waals surface area contributed by atoms with Crippen LogP contribution in [0.3, 0.4) is 0 Å². The third kappa shape index (κ3) is 5.51. The number of nitrogens with zero attached hydrogens (tertiary/aromatic N) is 2. The fourth-order valence-electron chi connectivity index (χ4n) is 4.34. The zero-order valence-corrected chi connectivity index (χ0v) is 20.3. The van der Waals surface area contributed by atoms with Crippen LogP contribution < -0.4 is 10.1 Å². The third-order valence-corrected chi connectivity index (χ3v) is 8.38. The lowest BCUT2D eigenvalue weighted by Crippen LogP contribution is -2.44. The van der Waals surface area contributed by atoms with Gasteiger partial charge in [-0.1, -0.05) is 23.4 Å². The summed E-state index contributed by atoms with van der Waals surface area (Å²) in [5.74, 6) is 0.687. The number of hydrogen-bond donors (Lipinski definition) is 1. The van der Waals surface area contributed by atoms with Crippen molar-refractivity contribution in [1.29, 1.82) is 0 Å². The van der Waals surface area contributed by atoms with Crippen LogP contribution in [0.1, 0.15) is 42.7 Å². The fraction of sp³-hybridized carbons (Fsp3) is 0.500. The molecule has 4 rings (SSSR count). The average Bonchev–Trinajstić information content (AvgIpc) is 3.51. The Hall–Kier alpha value is -2.69. The number of carbonyl (C=O) groups is 1. The van der Waals surface area contributed by atoms with Gasteiger partial charge in [0.25, 0.3) is 0 Å². The van der Waals surface area contributed by atoms with Crippen LogP contribution >= 0.6 is 0 Å². The van der Waals surface area contributed by atoms with Crippen LogP contribution in [0, 0.1) is 12.8 Å². The predicted octanol–water partition coefficient (Wildman–Crippen LogP) is 2.86. The number of hydrogen-bond acceptors (Lipinski definition) is 7. The lowest BCUT2D eigenvalue weighted by Gasteiger charge is -2.30. The first kappa shape index (κ1) is 24.4. The van der Waals surface area contributed by atoms with Crippen molar-refractivity contribution >= 4 is 28.1 Å². The highest BCUT2D eigenvalue weighted by molar-refractivity contribution is 7.89. The molecule has 1 aromatic carbocycles. The van der Waals surface area contributed by atoms with E-state index < -0.39 is 10.0 Å². The number of aromatic nitrogens is 1. The first-order chi connectivity index (χ1) is 16.4. The maximum absolute atomic E-state index is 13.4. The van der Waals surface area contributed by atoms with E-state index in [0.29, 0.717) is 25.1 Å². The van der Waals surface area contributed by atoms with Gasteiger partial charge in [0.1, 0.15) is 11.4 Å². The molecule has 3 heterocycles. The molecule has 0 radical (unpaired) electrons. The van der Waals surface area contributed by atoms with E-state index in [0.717, 1.165) is 30.8 Å². The molecule has 2 fully saturated rings. The molecule has 0 saturated carbocycles. The van der Waals surface area contributed by atoms with Crippen LogP contribution in [0.2, 0.25) is 0 Å². The Morgan fingerprint density at radius 2 is 1.94 bits per heavy atom. The number of ether oxygens (including phenoxy) is 2. The fourth-order valence-corrected chi connectivity index (χ4v) is 6.06. The molecule has 1 N–H and O–H groups in total. The third-order valence-electron chi connectivity index (χ3n) is 6.33. The smallest absolute Gasteiger partial charge is 0.248 e. The molecule has 1 amide bonds. The molecule has 1 unspecified atom stereocenters. The molecule has 1 aromatic heterocycles. The predicted molar refractivity (Wildman–Crippen MR) is 127 cm³/mol. The molecule has 2 aromatic rings. The summed E-state index contributed by atoms with van der Waals surface area (Å²) < 4.78 is 44.3. The van der Waals surface area contributed by atoms with Crippen molar-refractivity contribution in [2.45, 2.75) is 43.6 Å².